The summed E-state index contributed by atoms with van der Waals surface area (Å²) in [6, 6.07) is 0.492. The zero-order chi connectivity index (χ0) is 14.5. The van der Waals surface area contributed by atoms with Gasteiger partial charge in [-0.05, 0) is 45.7 Å². The zero-order valence-electron chi connectivity index (χ0n) is 12.9. The van der Waals surface area contributed by atoms with Crippen LogP contribution in [0, 0.1) is 11.3 Å². The van der Waals surface area contributed by atoms with Crippen molar-refractivity contribution >= 4 is 5.97 Å². The van der Waals surface area contributed by atoms with Crippen LogP contribution in [0.15, 0.2) is 0 Å². The van der Waals surface area contributed by atoms with Crippen LogP contribution in [-0.4, -0.2) is 48.2 Å². The van der Waals surface area contributed by atoms with Gasteiger partial charge in [0.15, 0.2) is 0 Å². The van der Waals surface area contributed by atoms with Gasteiger partial charge in [-0.1, -0.05) is 20.3 Å². The third kappa shape index (κ3) is 5.49. The molecule has 4 nitrogen and oxygen atoms in total. The topological polar surface area (TPSA) is 52.6 Å². The van der Waals surface area contributed by atoms with Gasteiger partial charge in [0.2, 0.25) is 0 Å². The lowest BCUT2D eigenvalue weighted by atomic mass is 9.90. The number of rotatable bonds is 7. The predicted octanol–water partition coefficient (Wildman–Crippen LogP) is 2.20. The van der Waals surface area contributed by atoms with Crippen molar-refractivity contribution in [3.05, 3.63) is 0 Å². The molecule has 0 bridgehead atoms. The molecule has 0 aliphatic carbocycles. The highest BCUT2D eigenvalue weighted by molar-refractivity contribution is 5.73. The maximum absolute atomic E-state index is 11.3. The minimum absolute atomic E-state index is 0.492. The second kappa shape index (κ2) is 7.25. The molecular formula is C15H30N2O2. The van der Waals surface area contributed by atoms with Gasteiger partial charge in [0, 0.05) is 19.1 Å². The molecule has 1 unspecified atom stereocenters. The van der Waals surface area contributed by atoms with Crippen LogP contribution in [0.25, 0.3) is 0 Å². The van der Waals surface area contributed by atoms with Crippen LogP contribution in [0.4, 0.5) is 0 Å². The number of piperidine rings is 1. The van der Waals surface area contributed by atoms with E-state index in [4.69, 9.17) is 0 Å². The van der Waals surface area contributed by atoms with Crippen molar-refractivity contribution in [2.24, 2.45) is 11.3 Å². The maximum atomic E-state index is 11.3. The molecule has 0 saturated carbocycles. The van der Waals surface area contributed by atoms with Crippen LogP contribution >= 0.6 is 0 Å². The average molecular weight is 270 g/mol. The number of aliphatic carboxylic acids is 1. The van der Waals surface area contributed by atoms with E-state index in [1.54, 1.807) is 0 Å². The highest BCUT2D eigenvalue weighted by Crippen LogP contribution is 2.23. The fraction of sp³-hybridized carbons (Fsp3) is 0.933. The highest BCUT2D eigenvalue weighted by Gasteiger charge is 2.33. The zero-order valence-corrected chi connectivity index (χ0v) is 12.9. The Balaban J connectivity index is 2.50. The summed E-state index contributed by atoms with van der Waals surface area (Å²) in [6.45, 7) is 11.8. The van der Waals surface area contributed by atoms with E-state index in [-0.39, 0.29) is 0 Å². The normalized spacial score (nSPS) is 21.8. The van der Waals surface area contributed by atoms with E-state index in [2.05, 4.69) is 24.1 Å². The van der Waals surface area contributed by atoms with Crippen molar-refractivity contribution in [1.29, 1.82) is 0 Å². The SMILES string of the molecule is CC(C)CNCC1CCCCN1CC(C)(C)C(=O)O. The van der Waals surface area contributed by atoms with E-state index in [1.807, 2.05) is 13.8 Å². The molecule has 1 saturated heterocycles. The molecule has 1 aliphatic heterocycles. The Morgan fingerprint density at radius 2 is 2.11 bits per heavy atom. The van der Waals surface area contributed by atoms with E-state index in [0.717, 1.165) is 19.6 Å². The molecular weight excluding hydrogens is 240 g/mol. The minimum Gasteiger partial charge on any atom is -0.481 e. The number of nitrogens with one attached hydrogen (secondary N) is 1. The lowest BCUT2D eigenvalue weighted by molar-refractivity contribution is -0.148. The monoisotopic (exact) mass is 270 g/mol. The first-order valence-corrected chi connectivity index (χ1v) is 7.51. The Hall–Kier alpha value is -0.610. The van der Waals surface area contributed by atoms with E-state index in [1.165, 1.54) is 19.3 Å². The molecule has 1 rings (SSSR count). The molecule has 2 N–H and O–H groups in total. The molecule has 0 aromatic carbocycles. The Morgan fingerprint density at radius 3 is 2.68 bits per heavy atom. The molecule has 1 atom stereocenters. The summed E-state index contributed by atoms with van der Waals surface area (Å²) in [7, 11) is 0. The smallest absolute Gasteiger partial charge is 0.310 e. The van der Waals surface area contributed by atoms with Gasteiger partial charge >= 0.3 is 5.97 Å². The molecule has 0 aromatic rings. The van der Waals surface area contributed by atoms with Gasteiger partial charge in [0.05, 0.1) is 5.41 Å². The number of hydrogen-bond donors (Lipinski definition) is 2. The summed E-state index contributed by atoms with van der Waals surface area (Å²) < 4.78 is 0. The molecule has 0 radical (unpaired) electrons. The van der Waals surface area contributed by atoms with Crippen molar-refractivity contribution < 1.29 is 9.90 Å². The van der Waals surface area contributed by atoms with Gasteiger partial charge in [-0.15, -0.1) is 0 Å². The van der Waals surface area contributed by atoms with E-state index >= 15 is 0 Å². The molecule has 0 amide bonds. The first-order chi connectivity index (χ1) is 8.83. The minimum atomic E-state index is -0.702. The molecule has 19 heavy (non-hydrogen) atoms. The summed E-state index contributed by atoms with van der Waals surface area (Å²) in [5, 5.41) is 12.8. The number of carboxylic acid groups (broad SMARTS) is 1. The van der Waals surface area contributed by atoms with Crippen molar-refractivity contribution in [2.75, 3.05) is 26.2 Å². The van der Waals surface area contributed by atoms with Gasteiger partial charge < -0.3 is 10.4 Å². The number of likely N-dealkylation sites (tertiary alicyclic amines) is 1. The Bertz CT molecular complexity index is 290. The second-order valence-corrected chi connectivity index (χ2v) is 6.86. The standard InChI is InChI=1S/C15H30N2O2/c1-12(2)9-16-10-13-7-5-6-8-17(13)11-15(3,4)14(18)19/h12-13,16H,5-11H2,1-4H3,(H,18,19). The Kier molecular flexibility index (Phi) is 6.27. The van der Waals surface area contributed by atoms with Crippen molar-refractivity contribution in [3.8, 4) is 0 Å². The van der Waals surface area contributed by atoms with E-state index in [0.29, 0.717) is 18.5 Å². The van der Waals surface area contributed by atoms with Gasteiger partial charge in [-0.25, -0.2) is 0 Å². The van der Waals surface area contributed by atoms with E-state index in [9.17, 15) is 9.90 Å². The quantitative estimate of drug-likeness (QED) is 0.744. The number of carboxylic acids is 1. The van der Waals surface area contributed by atoms with Crippen LogP contribution in [0.1, 0.15) is 47.0 Å². The first-order valence-electron chi connectivity index (χ1n) is 7.51. The van der Waals surface area contributed by atoms with Gasteiger partial charge in [0.1, 0.15) is 0 Å². The fourth-order valence-electron chi connectivity index (χ4n) is 2.61. The molecule has 1 heterocycles. The van der Waals surface area contributed by atoms with Crippen molar-refractivity contribution in [1.82, 2.24) is 10.2 Å². The van der Waals surface area contributed by atoms with Gasteiger partial charge in [-0.2, -0.15) is 0 Å². The predicted molar refractivity (Wildman–Crippen MR) is 78.3 cm³/mol. The molecule has 1 fully saturated rings. The first kappa shape index (κ1) is 16.4. The average Bonchev–Trinajstić information content (AvgIpc) is 2.30. The highest BCUT2D eigenvalue weighted by atomic mass is 16.4. The Morgan fingerprint density at radius 1 is 1.42 bits per heavy atom. The van der Waals surface area contributed by atoms with Crippen molar-refractivity contribution in [3.63, 3.8) is 0 Å². The second-order valence-electron chi connectivity index (χ2n) is 6.86. The summed E-state index contributed by atoms with van der Waals surface area (Å²) in [6.07, 6.45) is 3.63. The van der Waals surface area contributed by atoms with Gasteiger partial charge in [0.25, 0.3) is 0 Å². The van der Waals surface area contributed by atoms with Crippen LogP contribution < -0.4 is 5.32 Å². The number of hydrogen-bond acceptors (Lipinski definition) is 3. The summed E-state index contributed by atoms with van der Waals surface area (Å²) in [4.78, 5) is 13.6. The lowest BCUT2D eigenvalue weighted by Crippen LogP contribution is -2.50. The largest absolute Gasteiger partial charge is 0.481 e. The maximum Gasteiger partial charge on any atom is 0.310 e. The van der Waals surface area contributed by atoms with Crippen LogP contribution in [0.5, 0.6) is 0 Å². The summed E-state index contributed by atoms with van der Waals surface area (Å²) >= 11 is 0. The number of nitrogens with zero attached hydrogens (tertiary/aromatic N) is 1. The molecule has 112 valence electrons. The van der Waals surface area contributed by atoms with Crippen LogP contribution in [-0.2, 0) is 4.79 Å². The van der Waals surface area contributed by atoms with E-state index < -0.39 is 11.4 Å². The van der Waals surface area contributed by atoms with Crippen LogP contribution in [0.3, 0.4) is 0 Å². The fourth-order valence-corrected chi connectivity index (χ4v) is 2.61. The molecule has 0 aromatic heterocycles. The van der Waals surface area contributed by atoms with Crippen molar-refractivity contribution in [2.45, 2.75) is 53.0 Å². The number of carbonyl (C=O) groups is 1. The molecule has 1 aliphatic rings. The van der Waals surface area contributed by atoms with Crippen LogP contribution in [0.2, 0.25) is 0 Å². The summed E-state index contributed by atoms with van der Waals surface area (Å²) in [5.74, 6) is -0.0422. The summed E-state index contributed by atoms with van der Waals surface area (Å²) in [5.41, 5.74) is -0.659. The third-order valence-electron chi connectivity index (χ3n) is 3.86. The lowest BCUT2D eigenvalue weighted by Gasteiger charge is -2.39. The molecule has 0 spiro atoms. The van der Waals surface area contributed by atoms with Gasteiger partial charge in [-0.3, -0.25) is 9.69 Å². The third-order valence-corrected chi connectivity index (χ3v) is 3.86. The Labute approximate surface area is 117 Å². The molecule has 4 heteroatoms.